The SMILES string of the molecule is Cn1cc(-c2cc(-c3ccncc3)ccn2)n(-c2ccc(C(C)(C)C#N)cc2)c1=O. The second-order valence-corrected chi connectivity index (χ2v) is 7.69. The Kier molecular flexibility index (Phi) is 4.80. The summed E-state index contributed by atoms with van der Waals surface area (Å²) in [6.45, 7) is 3.74. The number of hydrogen-bond acceptors (Lipinski definition) is 4. The number of benzene rings is 1. The number of hydrogen-bond donors (Lipinski definition) is 0. The van der Waals surface area contributed by atoms with Crippen molar-refractivity contribution in [3.05, 3.63) is 89.4 Å². The minimum atomic E-state index is -0.594. The number of aryl methyl sites for hydroxylation is 1. The Morgan fingerprint density at radius 1 is 0.967 bits per heavy atom. The minimum absolute atomic E-state index is 0.159. The van der Waals surface area contributed by atoms with Crippen LogP contribution in [0.15, 0.2) is 78.1 Å². The normalized spacial score (nSPS) is 11.3. The van der Waals surface area contributed by atoms with Gasteiger partial charge in [-0.3, -0.25) is 14.5 Å². The highest BCUT2D eigenvalue weighted by Gasteiger charge is 2.20. The van der Waals surface area contributed by atoms with E-state index in [0.29, 0.717) is 11.4 Å². The number of nitriles is 1. The van der Waals surface area contributed by atoms with Crippen molar-refractivity contribution in [1.29, 1.82) is 5.26 Å². The van der Waals surface area contributed by atoms with Gasteiger partial charge in [0.2, 0.25) is 0 Å². The van der Waals surface area contributed by atoms with Crippen molar-refractivity contribution in [2.75, 3.05) is 0 Å². The van der Waals surface area contributed by atoms with Crippen molar-refractivity contribution < 1.29 is 0 Å². The average molecular weight is 395 g/mol. The first kappa shape index (κ1) is 19.3. The molecule has 0 saturated carbocycles. The molecule has 0 saturated heterocycles. The van der Waals surface area contributed by atoms with Crippen LogP contribution in [0.3, 0.4) is 0 Å². The minimum Gasteiger partial charge on any atom is -0.301 e. The number of pyridine rings is 2. The molecule has 6 heteroatoms. The lowest BCUT2D eigenvalue weighted by atomic mass is 9.86. The van der Waals surface area contributed by atoms with E-state index in [9.17, 15) is 10.1 Å². The van der Waals surface area contributed by atoms with Gasteiger partial charge in [0, 0.05) is 31.8 Å². The summed E-state index contributed by atoms with van der Waals surface area (Å²) >= 11 is 0. The first-order chi connectivity index (χ1) is 14.4. The molecular weight excluding hydrogens is 374 g/mol. The summed E-state index contributed by atoms with van der Waals surface area (Å²) in [6, 6.07) is 17.6. The molecule has 0 aliphatic rings. The third kappa shape index (κ3) is 3.42. The first-order valence-corrected chi connectivity index (χ1v) is 9.58. The molecular formula is C24H21N5O. The van der Waals surface area contributed by atoms with Gasteiger partial charge in [-0.25, -0.2) is 4.79 Å². The summed E-state index contributed by atoms with van der Waals surface area (Å²) in [5.74, 6) is 0. The van der Waals surface area contributed by atoms with Crippen LogP contribution in [-0.2, 0) is 12.5 Å². The van der Waals surface area contributed by atoms with Gasteiger partial charge in [-0.15, -0.1) is 0 Å². The molecule has 0 bridgehead atoms. The monoisotopic (exact) mass is 395 g/mol. The van der Waals surface area contributed by atoms with E-state index in [4.69, 9.17) is 0 Å². The zero-order chi connectivity index (χ0) is 21.3. The van der Waals surface area contributed by atoms with Crippen molar-refractivity contribution in [2.24, 2.45) is 7.05 Å². The van der Waals surface area contributed by atoms with E-state index >= 15 is 0 Å². The van der Waals surface area contributed by atoms with Crippen molar-refractivity contribution in [2.45, 2.75) is 19.3 Å². The van der Waals surface area contributed by atoms with Crippen LogP contribution in [0.5, 0.6) is 0 Å². The van der Waals surface area contributed by atoms with Crippen LogP contribution in [0, 0.1) is 11.3 Å². The molecule has 0 fully saturated rings. The predicted octanol–water partition coefficient (Wildman–Crippen LogP) is 4.10. The average Bonchev–Trinajstić information content (AvgIpc) is 3.09. The van der Waals surface area contributed by atoms with Crippen molar-refractivity contribution >= 4 is 0 Å². The van der Waals surface area contributed by atoms with Gasteiger partial charge < -0.3 is 4.57 Å². The third-order valence-electron chi connectivity index (χ3n) is 5.21. The van der Waals surface area contributed by atoms with Crippen LogP contribution >= 0.6 is 0 Å². The highest BCUT2D eigenvalue weighted by molar-refractivity contribution is 5.69. The van der Waals surface area contributed by atoms with E-state index in [0.717, 1.165) is 22.4 Å². The van der Waals surface area contributed by atoms with Gasteiger partial charge >= 0.3 is 5.69 Å². The van der Waals surface area contributed by atoms with Crippen molar-refractivity contribution in [1.82, 2.24) is 19.1 Å². The second-order valence-electron chi connectivity index (χ2n) is 7.69. The van der Waals surface area contributed by atoms with Gasteiger partial charge in [-0.2, -0.15) is 5.26 Å². The van der Waals surface area contributed by atoms with Crippen LogP contribution < -0.4 is 5.69 Å². The van der Waals surface area contributed by atoms with E-state index < -0.39 is 5.41 Å². The smallest absolute Gasteiger partial charge is 0.301 e. The fourth-order valence-corrected chi connectivity index (χ4v) is 3.37. The number of nitrogens with zero attached hydrogens (tertiary/aromatic N) is 5. The van der Waals surface area contributed by atoms with E-state index in [1.807, 2.05) is 62.4 Å². The molecule has 0 amide bonds. The number of rotatable bonds is 4. The standard InChI is InChI=1S/C24H21N5O/c1-24(2,16-25)19-4-6-20(7-5-19)29-22(15-28(3)23(29)30)21-14-18(10-13-27-21)17-8-11-26-12-9-17/h4-15H,1-3H3. The molecule has 3 heterocycles. The molecule has 1 aromatic carbocycles. The van der Waals surface area contributed by atoms with Crippen LogP contribution in [0.2, 0.25) is 0 Å². The van der Waals surface area contributed by atoms with Crippen molar-refractivity contribution in [3.8, 4) is 34.3 Å². The highest BCUT2D eigenvalue weighted by atomic mass is 16.1. The predicted molar refractivity (Wildman–Crippen MR) is 116 cm³/mol. The van der Waals surface area contributed by atoms with Gasteiger partial charge in [-0.1, -0.05) is 12.1 Å². The Hall–Kier alpha value is -3.98. The van der Waals surface area contributed by atoms with Crippen LogP contribution in [0.4, 0.5) is 0 Å². The fourth-order valence-electron chi connectivity index (χ4n) is 3.37. The lowest BCUT2D eigenvalue weighted by molar-refractivity contribution is 0.686. The Morgan fingerprint density at radius 2 is 1.63 bits per heavy atom. The Bertz CT molecular complexity index is 1290. The van der Waals surface area contributed by atoms with Gasteiger partial charge in [0.25, 0.3) is 0 Å². The first-order valence-electron chi connectivity index (χ1n) is 9.58. The van der Waals surface area contributed by atoms with Gasteiger partial charge in [0.05, 0.1) is 28.6 Å². The number of aromatic nitrogens is 4. The summed E-state index contributed by atoms with van der Waals surface area (Å²) in [5.41, 5.74) is 4.30. The molecule has 148 valence electrons. The second kappa shape index (κ2) is 7.45. The quantitative estimate of drug-likeness (QED) is 0.521. The molecule has 4 aromatic rings. The molecule has 6 nitrogen and oxygen atoms in total. The topological polar surface area (TPSA) is 76.5 Å². The molecule has 0 spiro atoms. The Morgan fingerprint density at radius 3 is 2.30 bits per heavy atom. The maximum absolute atomic E-state index is 12.9. The van der Waals surface area contributed by atoms with Gasteiger partial charge in [0.1, 0.15) is 0 Å². The molecule has 0 N–H and O–H groups in total. The zero-order valence-electron chi connectivity index (χ0n) is 17.1. The molecule has 0 radical (unpaired) electrons. The zero-order valence-corrected chi connectivity index (χ0v) is 17.1. The Labute approximate surface area is 174 Å². The summed E-state index contributed by atoms with van der Waals surface area (Å²) in [5, 5.41) is 9.37. The summed E-state index contributed by atoms with van der Waals surface area (Å²) < 4.78 is 3.19. The van der Waals surface area contributed by atoms with E-state index in [2.05, 4.69) is 16.0 Å². The highest BCUT2D eigenvalue weighted by Crippen LogP contribution is 2.27. The molecule has 4 rings (SSSR count). The van der Waals surface area contributed by atoms with Gasteiger partial charge in [-0.05, 0) is 66.9 Å². The van der Waals surface area contributed by atoms with E-state index in [-0.39, 0.29) is 5.69 Å². The van der Waals surface area contributed by atoms with Crippen LogP contribution in [-0.4, -0.2) is 19.1 Å². The largest absolute Gasteiger partial charge is 0.333 e. The molecule has 0 unspecified atom stereocenters. The van der Waals surface area contributed by atoms with Crippen LogP contribution in [0.1, 0.15) is 19.4 Å². The summed E-state index contributed by atoms with van der Waals surface area (Å²) in [6.07, 6.45) is 7.02. The number of imidazole rings is 1. The Balaban J connectivity index is 1.82. The van der Waals surface area contributed by atoms with Crippen molar-refractivity contribution in [3.63, 3.8) is 0 Å². The van der Waals surface area contributed by atoms with E-state index in [1.54, 1.807) is 41.0 Å². The lowest BCUT2D eigenvalue weighted by Gasteiger charge is -2.16. The molecule has 0 atom stereocenters. The van der Waals surface area contributed by atoms with Gasteiger partial charge in [0.15, 0.2) is 0 Å². The maximum atomic E-state index is 12.9. The molecule has 0 aliphatic carbocycles. The van der Waals surface area contributed by atoms with E-state index in [1.165, 1.54) is 0 Å². The lowest BCUT2D eigenvalue weighted by Crippen LogP contribution is -2.21. The summed E-state index contributed by atoms with van der Waals surface area (Å²) in [7, 11) is 1.72. The van der Waals surface area contributed by atoms with Crippen LogP contribution in [0.25, 0.3) is 28.2 Å². The third-order valence-corrected chi connectivity index (χ3v) is 5.21. The molecule has 0 aliphatic heterocycles. The summed E-state index contributed by atoms with van der Waals surface area (Å²) in [4.78, 5) is 21.5. The fraction of sp³-hybridized carbons (Fsp3) is 0.167. The molecule has 3 aromatic heterocycles. The molecule has 30 heavy (non-hydrogen) atoms. The maximum Gasteiger partial charge on any atom is 0.333 e.